The lowest BCUT2D eigenvalue weighted by Gasteiger charge is -2.35. The molecule has 1 saturated heterocycles. The van der Waals surface area contributed by atoms with E-state index in [1.807, 2.05) is 37.5 Å². The molecule has 5 rings (SSSR count). The van der Waals surface area contributed by atoms with E-state index in [1.165, 1.54) is 5.69 Å². The Morgan fingerprint density at radius 1 is 1.19 bits per heavy atom. The SMILES string of the molecule is Cc1ncc2n1CCC(C(=O)N1CCCC(c3nnc4ccccn34)C1)C2. The first kappa shape index (κ1) is 16.5. The molecule has 7 nitrogen and oxygen atoms in total. The molecule has 0 aliphatic carbocycles. The fourth-order valence-electron chi connectivity index (χ4n) is 4.62. The summed E-state index contributed by atoms with van der Waals surface area (Å²) in [6.45, 7) is 4.51. The lowest BCUT2D eigenvalue weighted by molar-refractivity contribution is -0.137. The summed E-state index contributed by atoms with van der Waals surface area (Å²) in [6.07, 6.45) is 7.71. The molecule has 0 saturated carbocycles. The average molecular weight is 364 g/mol. The number of hydrogen-bond acceptors (Lipinski definition) is 4. The van der Waals surface area contributed by atoms with Gasteiger partial charge in [-0.25, -0.2) is 4.98 Å². The van der Waals surface area contributed by atoms with E-state index in [0.717, 1.165) is 62.6 Å². The summed E-state index contributed by atoms with van der Waals surface area (Å²) in [5.74, 6) is 2.63. The molecule has 2 aliphatic rings. The van der Waals surface area contributed by atoms with Crippen molar-refractivity contribution >= 4 is 11.6 Å². The maximum atomic E-state index is 13.2. The molecular weight excluding hydrogens is 340 g/mol. The van der Waals surface area contributed by atoms with Crippen LogP contribution in [0.15, 0.2) is 30.6 Å². The standard InChI is InChI=1S/C20H24N6O/c1-14-21-12-17-11-15(7-10-25(14)17)20(27)24-8-4-5-16(13-24)19-23-22-18-6-2-3-9-26(18)19/h2-3,6,9,12,15-16H,4-5,7-8,10-11,13H2,1H3. The highest BCUT2D eigenvalue weighted by Crippen LogP contribution is 2.29. The molecule has 0 spiro atoms. The van der Waals surface area contributed by atoms with E-state index in [4.69, 9.17) is 0 Å². The number of rotatable bonds is 2. The number of fused-ring (bicyclic) bond motifs is 2. The predicted molar refractivity (Wildman–Crippen MR) is 100 cm³/mol. The highest BCUT2D eigenvalue weighted by Gasteiger charge is 2.33. The van der Waals surface area contributed by atoms with Gasteiger partial charge in [0.25, 0.3) is 0 Å². The molecule has 1 amide bonds. The third kappa shape index (κ3) is 2.81. The molecule has 2 unspecified atom stereocenters. The number of hydrogen-bond donors (Lipinski definition) is 0. The van der Waals surface area contributed by atoms with Crippen LogP contribution in [-0.4, -0.2) is 48.0 Å². The van der Waals surface area contributed by atoms with E-state index >= 15 is 0 Å². The third-order valence-electron chi connectivity index (χ3n) is 6.08. The second-order valence-corrected chi connectivity index (χ2v) is 7.75. The van der Waals surface area contributed by atoms with Gasteiger partial charge in [0.1, 0.15) is 11.6 Å². The van der Waals surface area contributed by atoms with Crippen LogP contribution in [0.5, 0.6) is 0 Å². The molecule has 0 N–H and O–H groups in total. The Morgan fingerprint density at radius 2 is 2.11 bits per heavy atom. The number of piperidine rings is 1. The van der Waals surface area contributed by atoms with Gasteiger partial charge in [0, 0.05) is 56.0 Å². The first-order valence-corrected chi connectivity index (χ1v) is 9.80. The number of aromatic nitrogens is 5. The maximum Gasteiger partial charge on any atom is 0.226 e. The van der Waals surface area contributed by atoms with E-state index in [-0.39, 0.29) is 11.8 Å². The van der Waals surface area contributed by atoms with Gasteiger partial charge >= 0.3 is 0 Å². The van der Waals surface area contributed by atoms with E-state index < -0.39 is 0 Å². The number of amides is 1. The van der Waals surface area contributed by atoms with E-state index in [0.29, 0.717) is 5.91 Å². The first-order valence-electron chi connectivity index (χ1n) is 9.80. The Hall–Kier alpha value is -2.70. The quantitative estimate of drug-likeness (QED) is 0.699. The minimum atomic E-state index is 0.0718. The fourth-order valence-corrected chi connectivity index (χ4v) is 4.62. The molecule has 5 heterocycles. The number of nitrogens with zero attached hydrogens (tertiary/aromatic N) is 6. The van der Waals surface area contributed by atoms with Crippen molar-refractivity contribution in [3.8, 4) is 0 Å². The molecule has 3 aromatic heterocycles. The van der Waals surface area contributed by atoms with Gasteiger partial charge in [0.05, 0.1) is 0 Å². The summed E-state index contributed by atoms with van der Waals surface area (Å²) < 4.78 is 4.30. The molecule has 0 radical (unpaired) electrons. The molecule has 2 atom stereocenters. The third-order valence-corrected chi connectivity index (χ3v) is 6.08. The van der Waals surface area contributed by atoms with Crippen molar-refractivity contribution in [2.24, 2.45) is 5.92 Å². The summed E-state index contributed by atoms with van der Waals surface area (Å²) in [6, 6.07) is 5.94. The van der Waals surface area contributed by atoms with Crippen LogP contribution in [0.25, 0.3) is 5.65 Å². The molecule has 0 aromatic carbocycles. The van der Waals surface area contributed by atoms with Crippen LogP contribution in [0.3, 0.4) is 0 Å². The van der Waals surface area contributed by atoms with Crippen LogP contribution < -0.4 is 0 Å². The van der Waals surface area contributed by atoms with Crippen molar-refractivity contribution in [1.82, 2.24) is 29.0 Å². The van der Waals surface area contributed by atoms with E-state index in [1.54, 1.807) is 0 Å². The van der Waals surface area contributed by atoms with Gasteiger partial charge in [0.15, 0.2) is 5.65 Å². The van der Waals surface area contributed by atoms with Crippen LogP contribution in [-0.2, 0) is 17.8 Å². The van der Waals surface area contributed by atoms with Crippen LogP contribution in [0, 0.1) is 12.8 Å². The first-order chi connectivity index (χ1) is 13.2. The summed E-state index contributed by atoms with van der Waals surface area (Å²) >= 11 is 0. The molecule has 1 fully saturated rings. The van der Waals surface area contributed by atoms with Gasteiger partial charge in [-0.05, 0) is 38.3 Å². The molecule has 27 heavy (non-hydrogen) atoms. The van der Waals surface area contributed by atoms with Crippen LogP contribution >= 0.6 is 0 Å². The second kappa shape index (κ2) is 6.48. The number of imidazole rings is 1. The van der Waals surface area contributed by atoms with Gasteiger partial charge < -0.3 is 9.47 Å². The number of carbonyl (C=O) groups excluding carboxylic acids is 1. The predicted octanol–water partition coefficient (Wildman–Crippen LogP) is 2.20. The largest absolute Gasteiger partial charge is 0.342 e. The molecule has 7 heteroatoms. The zero-order valence-corrected chi connectivity index (χ0v) is 15.6. The summed E-state index contributed by atoms with van der Waals surface area (Å²) in [7, 11) is 0. The lowest BCUT2D eigenvalue weighted by Crippen LogP contribution is -2.44. The number of pyridine rings is 1. The Bertz CT molecular complexity index is 989. The van der Waals surface area contributed by atoms with Crippen molar-refractivity contribution in [2.45, 2.75) is 45.1 Å². The maximum absolute atomic E-state index is 13.2. The zero-order valence-electron chi connectivity index (χ0n) is 15.6. The number of likely N-dealkylation sites (tertiary alicyclic amines) is 1. The Labute approximate surface area is 158 Å². The minimum Gasteiger partial charge on any atom is -0.342 e. The van der Waals surface area contributed by atoms with E-state index in [9.17, 15) is 4.79 Å². The zero-order chi connectivity index (χ0) is 18.4. The minimum absolute atomic E-state index is 0.0718. The van der Waals surface area contributed by atoms with Crippen molar-refractivity contribution in [1.29, 1.82) is 0 Å². The normalized spacial score (nSPS) is 22.8. The smallest absolute Gasteiger partial charge is 0.226 e. The van der Waals surface area contributed by atoms with Gasteiger partial charge in [-0.2, -0.15) is 0 Å². The summed E-state index contributed by atoms with van der Waals surface area (Å²) in [4.78, 5) is 19.7. The highest BCUT2D eigenvalue weighted by atomic mass is 16.2. The van der Waals surface area contributed by atoms with Crippen molar-refractivity contribution in [2.75, 3.05) is 13.1 Å². The topological polar surface area (TPSA) is 68.3 Å². The Balaban J connectivity index is 1.33. The second-order valence-electron chi connectivity index (χ2n) is 7.75. The van der Waals surface area contributed by atoms with Crippen LogP contribution in [0.4, 0.5) is 0 Å². The highest BCUT2D eigenvalue weighted by molar-refractivity contribution is 5.79. The molecule has 140 valence electrons. The van der Waals surface area contributed by atoms with Gasteiger partial charge in [0.2, 0.25) is 5.91 Å². The molecule has 3 aromatic rings. The average Bonchev–Trinajstić information content (AvgIpc) is 3.31. The van der Waals surface area contributed by atoms with Gasteiger partial charge in [-0.3, -0.25) is 9.20 Å². The Morgan fingerprint density at radius 3 is 3.04 bits per heavy atom. The lowest BCUT2D eigenvalue weighted by atomic mass is 9.91. The molecular formula is C20H24N6O. The monoisotopic (exact) mass is 364 g/mol. The van der Waals surface area contributed by atoms with Gasteiger partial charge in [-0.1, -0.05) is 6.07 Å². The number of carbonyl (C=O) groups is 1. The molecule has 0 bridgehead atoms. The van der Waals surface area contributed by atoms with E-state index in [2.05, 4.69) is 29.0 Å². The summed E-state index contributed by atoms with van der Waals surface area (Å²) in [5.41, 5.74) is 2.06. The molecule has 2 aliphatic heterocycles. The van der Waals surface area contributed by atoms with Crippen LogP contribution in [0.2, 0.25) is 0 Å². The summed E-state index contributed by atoms with van der Waals surface area (Å²) in [5, 5.41) is 8.70. The van der Waals surface area contributed by atoms with Crippen molar-refractivity contribution in [3.05, 3.63) is 47.9 Å². The number of aryl methyl sites for hydroxylation is 1. The fraction of sp³-hybridized carbons (Fsp3) is 0.500. The van der Waals surface area contributed by atoms with Crippen molar-refractivity contribution in [3.63, 3.8) is 0 Å². The van der Waals surface area contributed by atoms with Gasteiger partial charge in [-0.15, -0.1) is 10.2 Å². The van der Waals surface area contributed by atoms with Crippen LogP contribution in [0.1, 0.15) is 42.5 Å². The Kier molecular flexibility index (Phi) is 3.95. The van der Waals surface area contributed by atoms with Crippen molar-refractivity contribution < 1.29 is 4.79 Å².